The van der Waals surface area contributed by atoms with Crippen molar-refractivity contribution in [1.82, 2.24) is 4.90 Å². The van der Waals surface area contributed by atoms with Crippen molar-refractivity contribution in [2.24, 2.45) is 0 Å². The molecule has 0 saturated carbocycles. The van der Waals surface area contributed by atoms with Crippen LogP contribution in [0.15, 0.2) is 0 Å². The van der Waals surface area contributed by atoms with Crippen LogP contribution in [0.4, 0.5) is 0 Å². The van der Waals surface area contributed by atoms with Crippen LogP contribution < -0.4 is 0 Å². The molecule has 0 fully saturated rings. The van der Waals surface area contributed by atoms with E-state index in [1.54, 1.807) is 0 Å². The molecule has 0 radical (unpaired) electrons. The first kappa shape index (κ1) is 10.9. The molecule has 0 aromatic heterocycles. The summed E-state index contributed by atoms with van der Waals surface area (Å²) in [5.41, 5.74) is 0. The highest BCUT2D eigenvalue weighted by Crippen LogP contribution is 1.82. The van der Waals surface area contributed by atoms with Gasteiger partial charge in [-0.15, -0.1) is 0 Å². The van der Waals surface area contributed by atoms with Gasteiger partial charge in [0.2, 0.25) is 0 Å². The van der Waals surface area contributed by atoms with Crippen LogP contribution in [-0.2, 0) is 9.47 Å². The van der Waals surface area contributed by atoms with E-state index in [-0.39, 0.29) is 0 Å². The summed E-state index contributed by atoms with van der Waals surface area (Å²) < 4.78 is 10.3. The molecule has 0 bridgehead atoms. The van der Waals surface area contributed by atoms with E-state index in [4.69, 9.17) is 9.47 Å². The van der Waals surface area contributed by atoms with Crippen LogP contribution in [0.5, 0.6) is 0 Å². The summed E-state index contributed by atoms with van der Waals surface area (Å²) in [6, 6.07) is 0. The first-order valence-electron chi connectivity index (χ1n) is 4.07. The van der Waals surface area contributed by atoms with Crippen LogP contribution in [0, 0.1) is 0 Å². The van der Waals surface area contributed by atoms with Gasteiger partial charge in [0.05, 0.1) is 6.61 Å². The smallest absolute Gasteiger partial charge is 0.146 e. The van der Waals surface area contributed by atoms with E-state index < -0.39 is 0 Å². The average Bonchev–Trinajstić information content (AvgIpc) is 1.96. The molecule has 0 saturated heterocycles. The molecule has 0 heterocycles. The Balaban J connectivity index is 2.80. The molecule has 68 valence electrons. The van der Waals surface area contributed by atoms with Crippen molar-refractivity contribution in [2.45, 2.75) is 13.3 Å². The molecule has 0 unspecified atom stereocenters. The third kappa shape index (κ3) is 9.88. The molecule has 0 aromatic carbocycles. The van der Waals surface area contributed by atoms with Crippen molar-refractivity contribution in [3.05, 3.63) is 0 Å². The lowest BCUT2D eigenvalue weighted by atomic mass is 10.5. The van der Waals surface area contributed by atoms with Gasteiger partial charge in [-0.05, 0) is 20.5 Å². The van der Waals surface area contributed by atoms with Gasteiger partial charge >= 0.3 is 0 Å². The Morgan fingerprint density at radius 2 is 1.73 bits per heavy atom. The number of hydrogen-bond acceptors (Lipinski definition) is 3. The molecule has 0 rings (SSSR count). The standard InChI is InChI=1S/C8H19NO2/c1-4-6-10-8-11-7-5-9(2)3/h4-8H2,1-3H3. The molecule has 0 aliphatic rings. The summed E-state index contributed by atoms with van der Waals surface area (Å²) in [4.78, 5) is 2.08. The monoisotopic (exact) mass is 161 g/mol. The highest BCUT2D eigenvalue weighted by molar-refractivity contribution is 4.37. The molecule has 0 aromatic rings. The van der Waals surface area contributed by atoms with Gasteiger partial charge in [0.25, 0.3) is 0 Å². The van der Waals surface area contributed by atoms with Crippen molar-refractivity contribution in [1.29, 1.82) is 0 Å². The summed E-state index contributed by atoms with van der Waals surface area (Å²) in [5, 5.41) is 0. The van der Waals surface area contributed by atoms with E-state index in [0.717, 1.165) is 26.2 Å². The Hall–Kier alpha value is -0.120. The maximum absolute atomic E-state index is 5.18. The van der Waals surface area contributed by atoms with Crippen LogP contribution >= 0.6 is 0 Å². The average molecular weight is 161 g/mol. The van der Waals surface area contributed by atoms with Crippen LogP contribution in [0.25, 0.3) is 0 Å². The summed E-state index contributed by atoms with van der Waals surface area (Å²) in [6.07, 6.45) is 1.05. The second-order valence-corrected chi connectivity index (χ2v) is 2.74. The van der Waals surface area contributed by atoms with Crippen LogP contribution in [0.1, 0.15) is 13.3 Å². The maximum Gasteiger partial charge on any atom is 0.146 e. The Kier molecular flexibility index (Phi) is 7.89. The molecular weight excluding hydrogens is 142 g/mol. The predicted molar refractivity (Wildman–Crippen MR) is 45.6 cm³/mol. The molecule has 0 amide bonds. The third-order valence-electron chi connectivity index (χ3n) is 1.20. The number of hydrogen-bond donors (Lipinski definition) is 0. The second kappa shape index (κ2) is 7.98. The minimum absolute atomic E-state index is 0.432. The first-order valence-corrected chi connectivity index (χ1v) is 4.07. The molecule has 0 N–H and O–H groups in total. The molecule has 3 heteroatoms. The van der Waals surface area contributed by atoms with Crippen molar-refractivity contribution < 1.29 is 9.47 Å². The third-order valence-corrected chi connectivity index (χ3v) is 1.20. The highest BCUT2D eigenvalue weighted by Gasteiger charge is 1.89. The zero-order valence-electron chi connectivity index (χ0n) is 7.80. The van der Waals surface area contributed by atoms with Gasteiger partial charge in [0, 0.05) is 13.2 Å². The zero-order valence-corrected chi connectivity index (χ0v) is 7.80. The minimum atomic E-state index is 0.432. The van der Waals surface area contributed by atoms with Gasteiger partial charge in [-0.2, -0.15) is 0 Å². The lowest BCUT2D eigenvalue weighted by molar-refractivity contribution is -0.0561. The minimum Gasteiger partial charge on any atom is -0.355 e. The first-order chi connectivity index (χ1) is 5.27. The second-order valence-electron chi connectivity index (χ2n) is 2.74. The number of nitrogens with zero attached hydrogens (tertiary/aromatic N) is 1. The van der Waals surface area contributed by atoms with Crippen molar-refractivity contribution in [2.75, 3.05) is 40.6 Å². The van der Waals surface area contributed by atoms with Gasteiger partial charge in [0.15, 0.2) is 0 Å². The van der Waals surface area contributed by atoms with Gasteiger partial charge in [-0.25, -0.2) is 0 Å². The van der Waals surface area contributed by atoms with E-state index in [2.05, 4.69) is 11.8 Å². The molecular formula is C8H19NO2. The Bertz CT molecular complexity index is 76.5. The predicted octanol–water partition coefficient (Wildman–Crippen LogP) is 0.949. The summed E-state index contributed by atoms with van der Waals surface area (Å²) in [7, 11) is 4.05. The quantitative estimate of drug-likeness (QED) is 0.410. The number of rotatable bonds is 7. The van der Waals surface area contributed by atoms with Gasteiger partial charge in [-0.3, -0.25) is 0 Å². The molecule has 0 atom stereocenters. The molecule has 11 heavy (non-hydrogen) atoms. The fourth-order valence-corrected chi connectivity index (χ4v) is 0.568. The topological polar surface area (TPSA) is 21.7 Å². The number of likely N-dealkylation sites (N-methyl/N-ethyl adjacent to an activating group) is 1. The summed E-state index contributed by atoms with van der Waals surface area (Å²) >= 11 is 0. The maximum atomic E-state index is 5.18. The fraction of sp³-hybridized carbons (Fsp3) is 1.00. The molecule has 3 nitrogen and oxygen atoms in total. The van der Waals surface area contributed by atoms with Gasteiger partial charge in [-0.1, -0.05) is 6.92 Å². The van der Waals surface area contributed by atoms with Gasteiger partial charge < -0.3 is 14.4 Å². The van der Waals surface area contributed by atoms with Crippen molar-refractivity contribution >= 4 is 0 Å². The summed E-state index contributed by atoms with van der Waals surface area (Å²) in [6.45, 7) is 5.01. The van der Waals surface area contributed by atoms with Crippen molar-refractivity contribution in [3.63, 3.8) is 0 Å². The molecule has 0 spiro atoms. The summed E-state index contributed by atoms with van der Waals surface area (Å²) in [5.74, 6) is 0. The van der Waals surface area contributed by atoms with E-state index in [9.17, 15) is 0 Å². The Labute approximate surface area is 69.3 Å². The van der Waals surface area contributed by atoms with Crippen molar-refractivity contribution in [3.8, 4) is 0 Å². The SMILES string of the molecule is CCCOCOCCN(C)C. The van der Waals surface area contributed by atoms with Gasteiger partial charge in [0.1, 0.15) is 6.79 Å². The highest BCUT2D eigenvalue weighted by atomic mass is 16.7. The lowest BCUT2D eigenvalue weighted by Crippen LogP contribution is -2.18. The normalized spacial score (nSPS) is 10.9. The largest absolute Gasteiger partial charge is 0.355 e. The fourth-order valence-electron chi connectivity index (χ4n) is 0.568. The van der Waals surface area contributed by atoms with E-state index in [0.29, 0.717) is 6.79 Å². The van der Waals surface area contributed by atoms with E-state index in [1.807, 2.05) is 14.1 Å². The zero-order chi connectivity index (χ0) is 8.53. The van der Waals surface area contributed by atoms with E-state index >= 15 is 0 Å². The van der Waals surface area contributed by atoms with E-state index in [1.165, 1.54) is 0 Å². The Morgan fingerprint density at radius 3 is 2.27 bits per heavy atom. The van der Waals surface area contributed by atoms with Crippen LogP contribution in [0.2, 0.25) is 0 Å². The Morgan fingerprint density at radius 1 is 1.09 bits per heavy atom. The van der Waals surface area contributed by atoms with Crippen LogP contribution in [0.3, 0.4) is 0 Å². The number of ether oxygens (including phenoxy) is 2. The van der Waals surface area contributed by atoms with Crippen LogP contribution in [-0.4, -0.2) is 45.5 Å². The molecule has 0 aliphatic heterocycles. The lowest BCUT2D eigenvalue weighted by Gasteiger charge is -2.09. The molecule has 0 aliphatic carbocycles.